The highest BCUT2D eigenvalue weighted by Crippen LogP contribution is 2.15. The molecule has 0 heterocycles. The zero-order chi connectivity index (χ0) is 15.9. The average molecular weight is 304 g/mol. The SMILES string of the molecule is CCC(N)Cc1cccc(OCC(=O)NCC(F)(F)F)c1. The van der Waals surface area contributed by atoms with Crippen LogP contribution in [0.3, 0.4) is 0 Å². The van der Waals surface area contributed by atoms with Gasteiger partial charge in [-0.2, -0.15) is 13.2 Å². The molecule has 3 N–H and O–H groups in total. The van der Waals surface area contributed by atoms with Gasteiger partial charge in [-0.25, -0.2) is 0 Å². The summed E-state index contributed by atoms with van der Waals surface area (Å²) in [5.74, 6) is -0.388. The van der Waals surface area contributed by atoms with E-state index in [-0.39, 0.29) is 6.04 Å². The number of hydrogen-bond acceptors (Lipinski definition) is 3. The van der Waals surface area contributed by atoms with Crippen molar-refractivity contribution in [2.45, 2.75) is 32.0 Å². The molecule has 0 aliphatic carbocycles. The molecule has 21 heavy (non-hydrogen) atoms. The Morgan fingerprint density at radius 3 is 2.76 bits per heavy atom. The highest BCUT2D eigenvalue weighted by atomic mass is 19.4. The van der Waals surface area contributed by atoms with Crippen molar-refractivity contribution in [1.82, 2.24) is 5.32 Å². The number of rotatable bonds is 7. The Labute approximate surface area is 121 Å². The van der Waals surface area contributed by atoms with Gasteiger partial charge in [0, 0.05) is 6.04 Å². The van der Waals surface area contributed by atoms with Gasteiger partial charge < -0.3 is 15.8 Å². The van der Waals surface area contributed by atoms with Crippen molar-refractivity contribution in [2.24, 2.45) is 5.73 Å². The molecule has 0 saturated heterocycles. The van der Waals surface area contributed by atoms with Crippen molar-refractivity contribution in [3.8, 4) is 5.75 Å². The van der Waals surface area contributed by atoms with Crippen LogP contribution >= 0.6 is 0 Å². The van der Waals surface area contributed by atoms with E-state index in [1.807, 2.05) is 13.0 Å². The van der Waals surface area contributed by atoms with Gasteiger partial charge in [-0.1, -0.05) is 19.1 Å². The largest absolute Gasteiger partial charge is 0.484 e. The molecule has 0 aliphatic heterocycles. The number of amides is 1. The molecule has 0 spiro atoms. The molecular formula is C14H19F3N2O2. The summed E-state index contributed by atoms with van der Waals surface area (Å²) in [5.41, 5.74) is 6.80. The van der Waals surface area contributed by atoms with Crippen LogP contribution in [0.15, 0.2) is 24.3 Å². The smallest absolute Gasteiger partial charge is 0.405 e. The highest BCUT2D eigenvalue weighted by molar-refractivity contribution is 5.77. The number of alkyl halides is 3. The second kappa shape index (κ2) is 7.87. The van der Waals surface area contributed by atoms with Crippen molar-refractivity contribution in [1.29, 1.82) is 0 Å². The first-order valence-corrected chi connectivity index (χ1v) is 6.61. The predicted octanol–water partition coefficient (Wildman–Crippen LogP) is 2.02. The molecule has 0 radical (unpaired) electrons. The Bertz CT molecular complexity index is 464. The molecule has 0 saturated carbocycles. The van der Waals surface area contributed by atoms with Crippen molar-refractivity contribution >= 4 is 5.91 Å². The fourth-order valence-electron chi connectivity index (χ4n) is 1.61. The molecule has 1 rings (SSSR count). The van der Waals surface area contributed by atoms with Crippen LogP contribution in [0.4, 0.5) is 13.2 Å². The standard InChI is InChI=1S/C14H19F3N2O2/c1-2-11(18)6-10-4-3-5-12(7-10)21-8-13(20)19-9-14(15,16)17/h3-5,7,11H,2,6,8-9,18H2,1H3,(H,19,20). The Balaban J connectivity index is 2.44. The Morgan fingerprint density at radius 2 is 2.14 bits per heavy atom. The lowest BCUT2D eigenvalue weighted by atomic mass is 10.0. The Hall–Kier alpha value is -1.76. The third-order valence-electron chi connectivity index (χ3n) is 2.78. The molecule has 1 amide bonds. The van der Waals surface area contributed by atoms with Crippen LogP contribution in [0.1, 0.15) is 18.9 Å². The van der Waals surface area contributed by atoms with E-state index in [2.05, 4.69) is 0 Å². The van der Waals surface area contributed by atoms with Crippen LogP contribution in [0, 0.1) is 0 Å². The first kappa shape index (κ1) is 17.3. The van der Waals surface area contributed by atoms with E-state index < -0.39 is 25.2 Å². The van der Waals surface area contributed by atoms with Crippen molar-refractivity contribution < 1.29 is 22.7 Å². The summed E-state index contributed by atoms with van der Waals surface area (Å²) in [6, 6.07) is 7.03. The quantitative estimate of drug-likeness (QED) is 0.810. The highest BCUT2D eigenvalue weighted by Gasteiger charge is 2.27. The van der Waals surface area contributed by atoms with Gasteiger partial charge in [0.05, 0.1) is 0 Å². The molecule has 1 atom stereocenters. The number of benzene rings is 1. The zero-order valence-corrected chi connectivity index (χ0v) is 11.7. The monoisotopic (exact) mass is 304 g/mol. The summed E-state index contributed by atoms with van der Waals surface area (Å²) >= 11 is 0. The maximum absolute atomic E-state index is 11.9. The van der Waals surface area contributed by atoms with Crippen LogP contribution in [-0.2, 0) is 11.2 Å². The molecular weight excluding hydrogens is 285 g/mol. The van der Waals surface area contributed by atoms with E-state index in [0.717, 1.165) is 12.0 Å². The van der Waals surface area contributed by atoms with Gasteiger partial charge in [0.2, 0.25) is 0 Å². The fraction of sp³-hybridized carbons (Fsp3) is 0.500. The van der Waals surface area contributed by atoms with E-state index in [1.54, 1.807) is 23.5 Å². The number of nitrogens with one attached hydrogen (secondary N) is 1. The number of hydrogen-bond donors (Lipinski definition) is 2. The number of carbonyl (C=O) groups is 1. The van der Waals surface area contributed by atoms with Crippen LogP contribution in [0.2, 0.25) is 0 Å². The molecule has 0 bridgehead atoms. The van der Waals surface area contributed by atoms with Gasteiger partial charge >= 0.3 is 6.18 Å². The minimum atomic E-state index is -4.42. The van der Waals surface area contributed by atoms with Crippen molar-refractivity contribution in [2.75, 3.05) is 13.2 Å². The lowest BCUT2D eigenvalue weighted by Crippen LogP contribution is -2.36. The van der Waals surface area contributed by atoms with E-state index >= 15 is 0 Å². The Kier molecular flexibility index (Phi) is 6.48. The molecule has 0 fully saturated rings. The summed E-state index contributed by atoms with van der Waals surface area (Å²) in [5, 5.41) is 1.74. The lowest BCUT2D eigenvalue weighted by molar-refractivity contribution is -0.139. The Morgan fingerprint density at radius 1 is 1.43 bits per heavy atom. The van der Waals surface area contributed by atoms with Gasteiger partial charge in [-0.15, -0.1) is 0 Å². The molecule has 0 aliphatic rings. The summed E-state index contributed by atoms with van der Waals surface area (Å²) < 4.78 is 40.9. The van der Waals surface area contributed by atoms with Crippen molar-refractivity contribution in [3.05, 3.63) is 29.8 Å². The normalized spacial score (nSPS) is 12.8. The molecule has 1 unspecified atom stereocenters. The minimum Gasteiger partial charge on any atom is -0.484 e. The second-order valence-electron chi connectivity index (χ2n) is 4.70. The summed E-state index contributed by atoms with van der Waals surface area (Å²) in [6.07, 6.45) is -2.91. The third kappa shape index (κ3) is 7.55. The second-order valence-corrected chi connectivity index (χ2v) is 4.70. The van der Waals surface area contributed by atoms with Crippen LogP contribution in [0.25, 0.3) is 0 Å². The average Bonchev–Trinajstić information content (AvgIpc) is 2.42. The first-order chi connectivity index (χ1) is 9.80. The fourth-order valence-corrected chi connectivity index (χ4v) is 1.61. The maximum Gasteiger partial charge on any atom is 0.405 e. The van der Waals surface area contributed by atoms with Crippen LogP contribution < -0.4 is 15.8 Å². The third-order valence-corrected chi connectivity index (χ3v) is 2.78. The van der Waals surface area contributed by atoms with Crippen LogP contribution in [-0.4, -0.2) is 31.3 Å². The maximum atomic E-state index is 11.9. The number of carbonyl (C=O) groups excluding carboxylic acids is 1. The number of nitrogens with two attached hydrogens (primary N) is 1. The summed E-state index contributed by atoms with van der Waals surface area (Å²) in [7, 11) is 0. The van der Waals surface area contributed by atoms with E-state index in [4.69, 9.17) is 10.5 Å². The first-order valence-electron chi connectivity index (χ1n) is 6.61. The van der Waals surface area contributed by atoms with Gasteiger partial charge in [0.25, 0.3) is 5.91 Å². The van der Waals surface area contributed by atoms with E-state index in [0.29, 0.717) is 12.2 Å². The van der Waals surface area contributed by atoms with E-state index in [9.17, 15) is 18.0 Å². The van der Waals surface area contributed by atoms with Gasteiger partial charge in [0.1, 0.15) is 12.3 Å². The minimum absolute atomic E-state index is 0.0373. The van der Waals surface area contributed by atoms with Crippen LogP contribution in [0.5, 0.6) is 5.75 Å². The number of halogens is 3. The molecule has 4 nitrogen and oxygen atoms in total. The molecule has 118 valence electrons. The van der Waals surface area contributed by atoms with E-state index in [1.165, 1.54) is 0 Å². The van der Waals surface area contributed by atoms with Gasteiger partial charge in [-0.3, -0.25) is 4.79 Å². The molecule has 7 heteroatoms. The molecule has 1 aromatic carbocycles. The van der Waals surface area contributed by atoms with Crippen molar-refractivity contribution in [3.63, 3.8) is 0 Å². The number of ether oxygens (including phenoxy) is 1. The lowest BCUT2D eigenvalue weighted by Gasteiger charge is -2.11. The predicted molar refractivity (Wildman–Crippen MR) is 73.0 cm³/mol. The molecule has 0 aromatic heterocycles. The van der Waals surface area contributed by atoms with Gasteiger partial charge in [-0.05, 0) is 30.5 Å². The summed E-state index contributed by atoms with van der Waals surface area (Å²) in [4.78, 5) is 11.2. The topological polar surface area (TPSA) is 64.3 Å². The zero-order valence-electron chi connectivity index (χ0n) is 11.7. The van der Waals surface area contributed by atoms with Gasteiger partial charge in [0.15, 0.2) is 6.61 Å². The molecule has 1 aromatic rings. The summed E-state index contributed by atoms with van der Waals surface area (Å²) in [6.45, 7) is 0.163.